The molecule has 0 bridgehead atoms. The number of carbonyl (C=O) groups is 1. The lowest BCUT2D eigenvalue weighted by atomic mass is 9.90. The molecule has 0 aromatic carbocycles. The third-order valence-electron chi connectivity index (χ3n) is 3.54. The van der Waals surface area contributed by atoms with Gasteiger partial charge in [-0.05, 0) is 38.0 Å². The standard InChI is InChI=1S/C13H18O2/c1-15-13(14)12-8-7-11(9-12)10-5-3-2-4-6-10/h2-3,5,11-12H,4,6-9H2,1H3. The van der Waals surface area contributed by atoms with Gasteiger partial charge in [-0.15, -0.1) is 0 Å². The maximum absolute atomic E-state index is 11.4. The van der Waals surface area contributed by atoms with Gasteiger partial charge in [0, 0.05) is 0 Å². The lowest BCUT2D eigenvalue weighted by Crippen LogP contribution is -2.13. The number of rotatable bonds is 2. The van der Waals surface area contributed by atoms with Gasteiger partial charge in [-0.1, -0.05) is 23.8 Å². The van der Waals surface area contributed by atoms with Gasteiger partial charge in [0.1, 0.15) is 0 Å². The van der Waals surface area contributed by atoms with E-state index in [2.05, 4.69) is 18.2 Å². The molecule has 0 radical (unpaired) electrons. The number of methoxy groups -OCH3 is 1. The molecule has 0 aliphatic heterocycles. The number of esters is 1. The van der Waals surface area contributed by atoms with E-state index in [0.717, 1.165) is 25.7 Å². The van der Waals surface area contributed by atoms with E-state index in [1.165, 1.54) is 19.1 Å². The average Bonchev–Trinajstić information content (AvgIpc) is 2.78. The normalized spacial score (nSPS) is 30.1. The smallest absolute Gasteiger partial charge is 0.308 e. The molecule has 2 atom stereocenters. The van der Waals surface area contributed by atoms with Gasteiger partial charge in [-0.3, -0.25) is 4.79 Å². The first-order valence-corrected chi connectivity index (χ1v) is 5.74. The number of hydrogen-bond acceptors (Lipinski definition) is 2. The fraction of sp³-hybridized carbons (Fsp3) is 0.615. The Labute approximate surface area is 91.0 Å². The molecule has 0 amide bonds. The quantitative estimate of drug-likeness (QED) is 0.649. The van der Waals surface area contributed by atoms with E-state index in [1.54, 1.807) is 0 Å². The Hall–Kier alpha value is -1.05. The first-order chi connectivity index (χ1) is 7.31. The summed E-state index contributed by atoms with van der Waals surface area (Å²) in [4.78, 5) is 11.4. The molecule has 0 saturated heterocycles. The van der Waals surface area contributed by atoms with Crippen LogP contribution in [0, 0.1) is 11.8 Å². The second-order valence-corrected chi connectivity index (χ2v) is 4.44. The molecule has 0 N–H and O–H groups in total. The molecule has 0 aromatic rings. The van der Waals surface area contributed by atoms with Crippen LogP contribution in [0.1, 0.15) is 32.1 Å². The van der Waals surface area contributed by atoms with Crippen LogP contribution in [0.5, 0.6) is 0 Å². The van der Waals surface area contributed by atoms with E-state index in [9.17, 15) is 4.79 Å². The van der Waals surface area contributed by atoms with Gasteiger partial charge in [-0.2, -0.15) is 0 Å². The highest BCUT2D eigenvalue weighted by atomic mass is 16.5. The van der Waals surface area contributed by atoms with Crippen molar-refractivity contribution in [2.45, 2.75) is 32.1 Å². The van der Waals surface area contributed by atoms with Crippen molar-refractivity contribution in [3.63, 3.8) is 0 Å². The highest BCUT2D eigenvalue weighted by Crippen LogP contribution is 2.38. The summed E-state index contributed by atoms with van der Waals surface area (Å²) in [5.74, 6) is 0.746. The predicted octanol–water partition coefficient (Wildman–Crippen LogP) is 2.85. The summed E-state index contributed by atoms with van der Waals surface area (Å²) in [6.45, 7) is 0. The van der Waals surface area contributed by atoms with Crippen LogP contribution < -0.4 is 0 Å². The maximum Gasteiger partial charge on any atom is 0.308 e. The Morgan fingerprint density at radius 3 is 3.00 bits per heavy atom. The molecule has 0 aromatic heterocycles. The number of ether oxygens (including phenoxy) is 1. The Bertz CT molecular complexity index is 302. The molecule has 2 rings (SSSR count). The zero-order chi connectivity index (χ0) is 10.7. The first-order valence-electron chi connectivity index (χ1n) is 5.74. The highest BCUT2D eigenvalue weighted by molar-refractivity contribution is 5.72. The minimum Gasteiger partial charge on any atom is -0.469 e. The molecule has 1 saturated carbocycles. The molecule has 2 aliphatic carbocycles. The van der Waals surface area contributed by atoms with Crippen molar-refractivity contribution >= 4 is 5.97 Å². The average molecular weight is 206 g/mol. The molecule has 1 fully saturated rings. The minimum absolute atomic E-state index is 0.0237. The van der Waals surface area contributed by atoms with Gasteiger partial charge < -0.3 is 4.74 Å². The van der Waals surface area contributed by atoms with Crippen LogP contribution >= 0.6 is 0 Å². The van der Waals surface area contributed by atoms with Crippen LogP contribution in [-0.4, -0.2) is 13.1 Å². The Balaban J connectivity index is 1.95. The van der Waals surface area contributed by atoms with Gasteiger partial charge >= 0.3 is 5.97 Å². The molecule has 2 nitrogen and oxygen atoms in total. The summed E-state index contributed by atoms with van der Waals surface area (Å²) in [5, 5.41) is 0. The van der Waals surface area contributed by atoms with Crippen molar-refractivity contribution in [3.8, 4) is 0 Å². The zero-order valence-corrected chi connectivity index (χ0v) is 9.24. The zero-order valence-electron chi connectivity index (χ0n) is 9.24. The largest absolute Gasteiger partial charge is 0.469 e. The maximum atomic E-state index is 11.4. The van der Waals surface area contributed by atoms with Crippen molar-refractivity contribution in [2.75, 3.05) is 7.11 Å². The number of carbonyl (C=O) groups excluding carboxylic acids is 1. The molecule has 0 spiro atoms. The first kappa shape index (κ1) is 10.5. The minimum atomic E-state index is -0.0237. The van der Waals surface area contributed by atoms with Crippen molar-refractivity contribution in [1.29, 1.82) is 0 Å². The molecule has 2 unspecified atom stereocenters. The third kappa shape index (κ3) is 2.31. The van der Waals surface area contributed by atoms with E-state index in [-0.39, 0.29) is 11.9 Å². The van der Waals surface area contributed by atoms with Gasteiger partial charge in [0.25, 0.3) is 0 Å². The van der Waals surface area contributed by atoms with Crippen LogP contribution in [0.15, 0.2) is 23.8 Å². The van der Waals surface area contributed by atoms with Gasteiger partial charge in [-0.25, -0.2) is 0 Å². The van der Waals surface area contributed by atoms with Crippen molar-refractivity contribution < 1.29 is 9.53 Å². The predicted molar refractivity (Wildman–Crippen MR) is 59.3 cm³/mol. The SMILES string of the molecule is COC(=O)C1CCC(C2=CC=CCC2)C1. The summed E-state index contributed by atoms with van der Waals surface area (Å²) < 4.78 is 4.80. The van der Waals surface area contributed by atoms with Gasteiger partial charge in [0.05, 0.1) is 13.0 Å². The van der Waals surface area contributed by atoms with Crippen LogP contribution in [0.25, 0.3) is 0 Å². The molecule has 2 heteroatoms. The molecule has 82 valence electrons. The second kappa shape index (κ2) is 4.65. The topological polar surface area (TPSA) is 26.3 Å². The third-order valence-corrected chi connectivity index (χ3v) is 3.54. The molecule has 2 aliphatic rings. The van der Waals surface area contributed by atoms with Crippen molar-refractivity contribution in [3.05, 3.63) is 23.8 Å². The molecule has 15 heavy (non-hydrogen) atoms. The monoisotopic (exact) mass is 206 g/mol. The lowest BCUT2D eigenvalue weighted by molar-refractivity contribution is -0.145. The highest BCUT2D eigenvalue weighted by Gasteiger charge is 2.32. The second-order valence-electron chi connectivity index (χ2n) is 4.44. The van der Waals surface area contributed by atoms with Crippen molar-refractivity contribution in [1.82, 2.24) is 0 Å². The fourth-order valence-electron chi connectivity index (χ4n) is 2.66. The summed E-state index contributed by atoms with van der Waals surface area (Å²) >= 11 is 0. The van der Waals surface area contributed by atoms with Crippen LogP contribution in [0.2, 0.25) is 0 Å². The Morgan fingerprint density at radius 1 is 1.47 bits per heavy atom. The molecular formula is C13H18O2. The van der Waals surface area contributed by atoms with Gasteiger partial charge in [0.15, 0.2) is 0 Å². The molecule has 0 heterocycles. The van der Waals surface area contributed by atoms with Crippen LogP contribution in [0.3, 0.4) is 0 Å². The number of allylic oxidation sites excluding steroid dienone is 4. The van der Waals surface area contributed by atoms with E-state index >= 15 is 0 Å². The summed E-state index contributed by atoms with van der Waals surface area (Å²) in [6, 6.07) is 0. The summed E-state index contributed by atoms with van der Waals surface area (Å²) in [6.07, 6.45) is 12.1. The van der Waals surface area contributed by atoms with E-state index in [4.69, 9.17) is 4.74 Å². The summed E-state index contributed by atoms with van der Waals surface area (Å²) in [5.41, 5.74) is 1.53. The molecular weight excluding hydrogens is 188 g/mol. The van der Waals surface area contributed by atoms with Crippen LogP contribution in [0.4, 0.5) is 0 Å². The fourth-order valence-corrected chi connectivity index (χ4v) is 2.66. The number of hydrogen-bond donors (Lipinski definition) is 0. The van der Waals surface area contributed by atoms with Crippen molar-refractivity contribution in [2.24, 2.45) is 11.8 Å². The Kier molecular flexibility index (Phi) is 3.24. The summed E-state index contributed by atoms with van der Waals surface area (Å²) in [7, 11) is 1.48. The van der Waals surface area contributed by atoms with E-state index in [0.29, 0.717) is 5.92 Å². The Morgan fingerprint density at radius 2 is 2.33 bits per heavy atom. The lowest BCUT2D eigenvalue weighted by Gasteiger charge is -2.16. The van der Waals surface area contributed by atoms with Crippen LogP contribution in [-0.2, 0) is 9.53 Å². The van der Waals surface area contributed by atoms with E-state index < -0.39 is 0 Å². The van der Waals surface area contributed by atoms with Gasteiger partial charge in [0.2, 0.25) is 0 Å². The van der Waals surface area contributed by atoms with E-state index in [1.807, 2.05) is 0 Å².